The molecule has 256 valence electrons. The van der Waals surface area contributed by atoms with Gasteiger partial charge in [0.2, 0.25) is 0 Å². The molecule has 0 fully saturated rings. The minimum Gasteiger partial charge on any atom is -0.310 e. The molecule has 0 saturated carbocycles. The van der Waals surface area contributed by atoms with Crippen molar-refractivity contribution >= 4 is 49.4 Å². The van der Waals surface area contributed by atoms with E-state index in [-0.39, 0.29) is 0 Å². The van der Waals surface area contributed by atoms with E-state index in [9.17, 15) is 0 Å². The van der Waals surface area contributed by atoms with E-state index >= 15 is 0 Å². The Bertz CT molecular complexity index is 2990. The molecule has 0 spiro atoms. The fourth-order valence-corrected chi connectivity index (χ4v) is 8.93. The Balaban J connectivity index is 1.15. The number of anilines is 3. The summed E-state index contributed by atoms with van der Waals surface area (Å²) in [5.74, 6) is 0. The van der Waals surface area contributed by atoms with Crippen LogP contribution in [0.4, 0.5) is 17.1 Å². The lowest BCUT2D eigenvalue weighted by Crippen LogP contribution is -2.10. The molecule has 1 aromatic heterocycles. The van der Waals surface area contributed by atoms with Crippen LogP contribution in [0.15, 0.2) is 207 Å². The highest BCUT2D eigenvalue weighted by Gasteiger charge is 2.31. The molecule has 0 saturated heterocycles. The number of benzene rings is 9. The molecule has 2 nitrogen and oxygen atoms in total. The average Bonchev–Trinajstić information content (AvgIpc) is 3.58. The second-order valence-corrected chi connectivity index (χ2v) is 14.3. The third kappa shape index (κ3) is 5.00. The fourth-order valence-electron chi connectivity index (χ4n) is 8.93. The number of hydrogen-bond donors (Lipinski definition) is 0. The van der Waals surface area contributed by atoms with Crippen LogP contribution < -0.4 is 4.90 Å². The van der Waals surface area contributed by atoms with Crippen LogP contribution in [0, 0.1) is 0 Å². The first-order valence-corrected chi connectivity index (χ1v) is 18.9. The summed E-state index contributed by atoms with van der Waals surface area (Å²) < 4.78 is 0. The van der Waals surface area contributed by atoms with E-state index < -0.39 is 0 Å². The number of hydrogen-bond acceptors (Lipinski definition) is 2. The molecule has 55 heavy (non-hydrogen) atoms. The van der Waals surface area contributed by atoms with Gasteiger partial charge >= 0.3 is 0 Å². The summed E-state index contributed by atoms with van der Waals surface area (Å²) in [7, 11) is 0. The monoisotopic (exact) mass is 698 g/mol. The minimum absolute atomic E-state index is 1.06. The molecule has 0 unspecified atom stereocenters. The summed E-state index contributed by atoms with van der Waals surface area (Å²) in [5.41, 5.74) is 15.9. The van der Waals surface area contributed by atoms with Crippen molar-refractivity contribution < 1.29 is 0 Å². The van der Waals surface area contributed by atoms with E-state index in [0.717, 1.165) is 17.1 Å². The van der Waals surface area contributed by atoms with Crippen LogP contribution in [-0.4, -0.2) is 4.98 Å². The fraction of sp³-hybridized carbons (Fsp3) is 0. The van der Waals surface area contributed by atoms with Gasteiger partial charge in [0.1, 0.15) is 0 Å². The Kier molecular flexibility index (Phi) is 7.21. The van der Waals surface area contributed by atoms with Gasteiger partial charge in [0.05, 0.1) is 0 Å². The van der Waals surface area contributed by atoms with Crippen LogP contribution in [0.5, 0.6) is 0 Å². The van der Waals surface area contributed by atoms with Gasteiger partial charge < -0.3 is 4.90 Å². The van der Waals surface area contributed by atoms with Gasteiger partial charge in [-0.2, -0.15) is 0 Å². The molecule has 2 heteroatoms. The van der Waals surface area contributed by atoms with Crippen LogP contribution in [-0.2, 0) is 0 Å². The largest absolute Gasteiger partial charge is 0.310 e. The Hall–Kier alpha value is -7.29. The van der Waals surface area contributed by atoms with Gasteiger partial charge in [-0.05, 0) is 124 Å². The molecule has 0 amide bonds. The molecule has 0 radical (unpaired) electrons. The Morgan fingerprint density at radius 3 is 1.56 bits per heavy atom. The predicted octanol–water partition coefficient (Wildman–Crippen LogP) is 14.7. The first kappa shape index (κ1) is 31.3. The predicted molar refractivity (Wildman–Crippen MR) is 232 cm³/mol. The van der Waals surface area contributed by atoms with Gasteiger partial charge in [-0.1, -0.05) is 158 Å². The Morgan fingerprint density at radius 2 is 0.855 bits per heavy atom. The van der Waals surface area contributed by atoms with Crippen LogP contribution in [0.25, 0.3) is 88.0 Å². The number of aromatic nitrogens is 1. The highest BCUT2D eigenvalue weighted by atomic mass is 15.1. The van der Waals surface area contributed by atoms with E-state index in [4.69, 9.17) is 0 Å². The van der Waals surface area contributed by atoms with E-state index in [0.29, 0.717) is 0 Å². The van der Waals surface area contributed by atoms with E-state index in [1.807, 2.05) is 12.4 Å². The van der Waals surface area contributed by atoms with Crippen molar-refractivity contribution in [3.8, 4) is 55.6 Å². The van der Waals surface area contributed by atoms with Crippen molar-refractivity contribution in [2.45, 2.75) is 0 Å². The normalized spacial score (nSPS) is 11.6. The highest BCUT2D eigenvalue weighted by Crippen LogP contribution is 2.58. The summed E-state index contributed by atoms with van der Waals surface area (Å²) in [6, 6.07) is 70.8. The van der Waals surface area contributed by atoms with Crippen molar-refractivity contribution in [1.29, 1.82) is 0 Å². The molecular formula is C53H34N2. The van der Waals surface area contributed by atoms with Gasteiger partial charge in [0.25, 0.3) is 0 Å². The van der Waals surface area contributed by atoms with Crippen molar-refractivity contribution in [2.24, 2.45) is 0 Å². The number of rotatable bonds is 6. The van der Waals surface area contributed by atoms with Gasteiger partial charge in [-0.15, -0.1) is 0 Å². The van der Waals surface area contributed by atoms with Crippen LogP contribution in [0.1, 0.15) is 0 Å². The van der Waals surface area contributed by atoms with Crippen molar-refractivity contribution in [1.82, 2.24) is 4.98 Å². The minimum atomic E-state index is 1.06. The number of pyridine rings is 1. The molecule has 1 aliphatic carbocycles. The third-order valence-electron chi connectivity index (χ3n) is 11.2. The molecule has 11 rings (SSSR count). The van der Waals surface area contributed by atoms with Gasteiger partial charge in [-0.3, -0.25) is 4.98 Å². The summed E-state index contributed by atoms with van der Waals surface area (Å²) in [6.07, 6.45) is 3.73. The topological polar surface area (TPSA) is 16.1 Å². The Morgan fingerprint density at radius 1 is 0.309 bits per heavy atom. The molecule has 0 N–H and O–H groups in total. The maximum absolute atomic E-state index is 4.35. The van der Waals surface area contributed by atoms with Gasteiger partial charge in [0.15, 0.2) is 0 Å². The van der Waals surface area contributed by atoms with Crippen LogP contribution >= 0.6 is 0 Å². The zero-order chi connectivity index (χ0) is 36.3. The van der Waals surface area contributed by atoms with Gasteiger partial charge in [-0.25, -0.2) is 0 Å². The van der Waals surface area contributed by atoms with Crippen molar-refractivity contribution in [2.75, 3.05) is 4.90 Å². The molecule has 1 aliphatic rings. The summed E-state index contributed by atoms with van der Waals surface area (Å²) >= 11 is 0. The standard InChI is InChI=1S/C53H34N2/c1-3-14-36(15-4-1)49-45-21-9-10-22-46(45)50(37-16-5-2-6-17-37)53-48-28-27-43(44-23-12-24-47(51(44)48)52(49)53)39-19-11-20-41(34-39)55(40-29-31-54-32-30-40)42-26-25-35-13-7-8-18-38(35)33-42/h1-34H. The van der Waals surface area contributed by atoms with E-state index in [1.54, 1.807) is 0 Å². The van der Waals surface area contributed by atoms with Crippen LogP contribution in [0.3, 0.4) is 0 Å². The molecule has 0 bridgehead atoms. The van der Waals surface area contributed by atoms with Crippen molar-refractivity contribution in [3.05, 3.63) is 207 Å². The summed E-state index contributed by atoms with van der Waals surface area (Å²) in [5, 5.41) is 7.54. The quantitative estimate of drug-likeness (QED) is 0.172. The summed E-state index contributed by atoms with van der Waals surface area (Å²) in [6.45, 7) is 0. The molecular weight excluding hydrogens is 665 g/mol. The van der Waals surface area contributed by atoms with Crippen molar-refractivity contribution in [3.63, 3.8) is 0 Å². The molecule has 10 aromatic rings. The third-order valence-corrected chi connectivity index (χ3v) is 11.2. The first-order valence-electron chi connectivity index (χ1n) is 18.9. The lowest BCUT2D eigenvalue weighted by Gasteiger charge is -2.26. The average molecular weight is 699 g/mol. The number of fused-ring (bicyclic) bond motifs is 5. The van der Waals surface area contributed by atoms with Crippen LogP contribution in [0.2, 0.25) is 0 Å². The zero-order valence-corrected chi connectivity index (χ0v) is 30.0. The molecule has 0 aliphatic heterocycles. The Labute approximate surface area is 320 Å². The molecule has 1 heterocycles. The smallest absolute Gasteiger partial charge is 0.0492 e. The lowest BCUT2D eigenvalue weighted by molar-refractivity contribution is 1.25. The maximum atomic E-state index is 4.35. The molecule has 0 atom stereocenters. The number of nitrogens with zero attached hydrogens (tertiary/aromatic N) is 2. The second-order valence-electron chi connectivity index (χ2n) is 14.3. The zero-order valence-electron chi connectivity index (χ0n) is 30.0. The SMILES string of the molecule is c1ccc(-c2c3c(c(-c4ccccc4)c4ccccc24)-c2ccc(-c4cccc(N(c5ccncc5)c5ccc6ccccc6c5)c4)c4cccc-3c24)cc1. The van der Waals surface area contributed by atoms with E-state index in [1.165, 1.54) is 88.0 Å². The maximum Gasteiger partial charge on any atom is 0.0492 e. The summed E-state index contributed by atoms with van der Waals surface area (Å²) in [4.78, 5) is 6.68. The molecule has 9 aromatic carbocycles. The van der Waals surface area contributed by atoms with E-state index in [2.05, 4.69) is 204 Å². The lowest BCUT2D eigenvalue weighted by atomic mass is 9.82. The van der Waals surface area contributed by atoms with Gasteiger partial charge in [0, 0.05) is 29.5 Å². The first-order chi connectivity index (χ1) is 27.3. The second kappa shape index (κ2) is 12.7. The highest BCUT2D eigenvalue weighted by molar-refractivity contribution is 6.28.